The van der Waals surface area contributed by atoms with E-state index in [2.05, 4.69) is 152 Å². The second-order valence-electron chi connectivity index (χ2n) is 22.2. The molecule has 0 bridgehead atoms. The minimum atomic E-state index is -0.877. The highest BCUT2D eigenvalue weighted by molar-refractivity contribution is 6.09. The van der Waals surface area contributed by atoms with Gasteiger partial charge in [0, 0.05) is 24.4 Å². The summed E-state index contributed by atoms with van der Waals surface area (Å²) in [5, 5.41) is 2.12. The van der Waals surface area contributed by atoms with E-state index in [4.69, 9.17) is 13.8 Å². The van der Waals surface area contributed by atoms with Crippen molar-refractivity contribution in [2.45, 2.75) is 86.0 Å². The van der Waals surface area contributed by atoms with Crippen LogP contribution in [0.5, 0.6) is 11.5 Å². The number of fused-ring (bicyclic) bond motifs is 4. The van der Waals surface area contributed by atoms with Crippen LogP contribution in [0.4, 0.5) is 0 Å². The Morgan fingerprint density at radius 3 is 1.96 bits per heavy atom. The molecule has 8 aromatic carbocycles. The quantitative estimate of drug-likeness (QED) is 0.107. The maximum atomic E-state index is 9.43. The Hall–Kier alpha value is -8.02. The number of hydrogen-bond acceptors (Lipinski definition) is 2. The van der Waals surface area contributed by atoms with Gasteiger partial charge in [-0.2, -0.15) is 0 Å². The molecular weight excluding hydrogens is 889 g/mol. The molecule has 362 valence electrons. The van der Waals surface area contributed by atoms with Gasteiger partial charge >= 0.3 is 0 Å². The molecule has 5 heteroatoms. The highest BCUT2D eigenvalue weighted by Gasteiger charge is 2.26. The van der Waals surface area contributed by atoms with Gasteiger partial charge in [-0.05, 0) is 127 Å². The van der Waals surface area contributed by atoms with Crippen molar-refractivity contribution in [3.05, 3.63) is 223 Å². The van der Waals surface area contributed by atoms with Gasteiger partial charge in [-0.1, -0.05) is 203 Å². The molecule has 0 N–H and O–H groups in total. The fourth-order valence-electron chi connectivity index (χ4n) is 9.82. The average Bonchev–Trinajstić information content (AvgIpc) is 4.24. The third-order valence-corrected chi connectivity index (χ3v) is 14.3. The smallest absolute Gasteiger partial charge is 0.269 e. The molecule has 1 atom stereocenters. The first-order valence-corrected chi connectivity index (χ1v) is 25.1. The van der Waals surface area contributed by atoms with Crippen molar-refractivity contribution in [1.29, 1.82) is 0 Å². The second-order valence-corrected chi connectivity index (χ2v) is 22.2. The number of aromatic nitrogens is 4. The van der Waals surface area contributed by atoms with E-state index in [1.807, 2.05) is 101 Å². The zero-order valence-corrected chi connectivity index (χ0v) is 43.4. The lowest BCUT2D eigenvalue weighted by atomic mass is 9.78. The maximum Gasteiger partial charge on any atom is 0.269 e. The van der Waals surface area contributed by atoms with Gasteiger partial charge in [0.05, 0.1) is 40.3 Å². The number of rotatable bonds is 9. The summed E-state index contributed by atoms with van der Waals surface area (Å²) in [5.41, 5.74) is 11.6. The highest BCUT2D eigenvalue weighted by Crippen LogP contribution is 2.41. The fourth-order valence-corrected chi connectivity index (χ4v) is 9.82. The minimum Gasteiger partial charge on any atom is -0.458 e. The maximum absolute atomic E-state index is 9.43. The number of imidazole rings is 1. The molecule has 0 aliphatic heterocycles. The first-order chi connectivity index (χ1) is 37.4. The summed E-state index contributed by atoms with van der Waals surface area (Å²) in [4.78, 5) is 4.89. The lowest BCUT2D eigenvalue weighted by Crippen LogP contribution is -2.31. The lowest BCUT2D eigenvalue weighted by molar-refractivity contribution is -0.571. The molecule has 0 aliphatic rings. The van der Waals surface area contributed by atoms with Gasteiger partial charge in [0.15, 0.2) is 0 Å². The summed E-state index contributed by atoms with van der Waals surface area (Å²) in [5.74, 6) is 1.05. The average molecular weight is 959 g/mol. The fraction of sp³-hybridized carbons (Fsp3) is 0.206. The van der Waals surface area contributed by atoms with E-state index >= 15 is 0 Å². The minimum absolute atomic E-state index is 0.100. The van der Waals surface area contributed by atoms with Crippen LogP contribution in [-0.2, 0) is 10.8 Å². The van der Waals surface area contributed by atoms with Gasteiger partial charge in [0.1, 0.15) is 17.3 Å². The summed E-state index contributed by atoms with van der Waals surface area (Å²) >= 11 is 0. The molecule has 0 fully saturated rings. The van der Waals surface area contributed by atoms with Gasteiger partial charge in [0.25, 0.3) is 6.33 Å². The summed E-state index contributed by atoms with van der Waals surface area (Å²) in [6.45, 7) is 21.5. The van der Waals surface area contributed by atoms with E-state index in [0.29, 0.717) is 22.7 Å². The van der Waals surface area contributed by atoms with Gasteiger partial charge in [-0.3, -0.25) is 13.7 Å². The van der Waals surface area contributed by atoms with Crippen molar-refractivity contribution >= 4 is 32.8 Å². The van der Waals surface area contributed by atoms with Crippen LogP contribution in [0.3, 0.4) is 0 Å². The van der Waals surface area contributed by atoms with Crippen LogP contribution in [0.25, 0.3) is 83.4 Å². The van der Waals surface area contributed by atoms with E-state index in [1.54, 1.807) is 6.20 Å². The Morgan fingerprint density at radius 2 is 1.23 bits per heavy atom. The van der Waals surface area contributed by atoms with Crippen LogP contribution >= 0.6 is 0 Å². The molecule has 3 aromatic heterocycles. The number of para-hydroxylation sites is 2. The molecule has 5 nitrogen and oxygen atoms in total. The van der Waals surface area contributed by atoms with Crippen molar-refractivity contribution in [2.24, 2.45) is 5.41 Å². The molecule has 3 heterocycles. The molecule has 0 aliphatic carbocycles. The van der Waals surface area contributed by atoms with Crippen LogP contribution in [0.15, 0.2) is 200 Å². The zero-order chi connectivity index (χ0) is 56.1. The third kappa shape index (κ3) is 9.03. The third-order valence-electron chi connectivity index (χ3n) is 14.3. The van der Waals surface area contributed by atoms with Crippen LogP contribution in [0, 0.1) is 11.7 Å². The number of ether oxygens (including phenoxy) is 1. The van der Waals surface area contributed by atoms with Crippen LogP contribution in [-0.4, -0.2) is 14.1 Å². The number of nitrogens with zero attached hydrogens (tertiary/aromatic N) is 4. The largest absolute Gasteiger partial charge is 0.458 e. The van der Waals surface area contributed by atoms with Gasteiger partial charge < -0.3 is 4.74 Å². The summed E-state index contributed by atoms with van der Waals surface area (Å²) in [7, 11) is 0. The first-order valence-electron chi connectivity index (χ1n) is 28.1. The lowest BCUT2D eigenvalue weighted by Gasteiger charge is -2.27. The summed E-state index contributed by atoms with van der Waals surface area (Å²) in [6, 6.07) is 53.6. The van der Waals surface area contributed by atoms with Crippen molar-refractivity contribution in [3.63, 3.8) is 0 Å². The molecule has 0 saturated heterocycles. The Morgan fingerprint density at radius 1 is 0.562 bits per heavy atom. The first kappa shape index (κ1) is 40.6. The number of benzene rings is 8. The molecule has 1 unspecified atom stereocenters. The Balaban J connectivity index is 1.12. The zero-order valence-electron chi connectivity index (χ0n) is 49.4. The standard InChI is InChI=1S/C68H64N4O/c1-45(66(2,3)4)48-35-36-69-64(40-48)72-60-30-18-17-27-58(60)59-33-32-55(43-62(59)72)73-54-26-19-25-53(42-54)70-44-71(61-34-31-49(39-63(61)70)46-21-13-11-14-22-46)65-56(47-23-15-12-16-24-47)28-20-29-57(65)50-37-51(67(5,6)7)41-52(38-50)68(8,9)10/h11-43,45H,1-10H3/i12D,15D,16D,23D,24D,45D. The Bertz CT molecular complexity index is 4150. The highest BCUT2D eigenvalue weighted by atomic mass is 16.5. The topological polar surface area (TPSA) is 35.9 Å². The van der Waals surface area contributed by atoms with Crippen LogP contribution in [0.2, 0.25) is 0 Å². The summed E-state index contributed by atoms with van der Waals surface area (Å²) in [6.07, 6.45) is 5.57. The van der Waals surface area contributed by atoms with Gasteiger partial charge in [0.2, 0.25) is 0 Å². The molecule has 11 rings (SSSR count). The van der Waals surface area contributed by atoms with Crippen molar-refractivity contribution < 1.29 is 17.5 Å². The SMILES string of the molecule is [2H]c1c([2H])c([2H])c(-c2cccc(-c3cc(C(C)(C)C)cc(C(C)(C)C)c3)c2-[n+]2[c-]n(-c3cccc(Oc4ccc5c6ccccc6n(-c6cc(C([2H])(C)C(C)(C)C)ccn6)c5c4)c3)c3cc(-c4ccccc4)ccc32)c([2H])c1[2H]. The normalized spacial score (nSPS) is 14.3. The summed E-state index contributed by atoms with van der Waals surface area (Å²) < 4.78 is 67.3. The van der Waals surface area contributed by atoms with Crippen molar-refractivity contribution in [2.75, 3.05) is 0 Å². The molecule has 11 aromatic rings. The van der Waals surface area contributed by atoms with Gasteiger partial charge in [-0.15, -0.1) is 0 Å². The molecule has 0 radical (unpaired) electrons. The van der Waals surface area contributed by atoms with E-state index in [9.17, 15) is 4.11 Å². The van der Waals surface area contributed by atoms with Crippen molar-refractivity contribution in [3.8, 4) is 62.1 Å². The van der Waals surface area contributed by atoms with E-state index in [-0.39, 0.29) is 33.9 Å². The van der Waals surface area contributed by atoms with E-state index in [1.165, 1.54) is 0 Å². The van der Waals surface area contributed by atoms with E-state index in [0.717, 1.165) is 83.3 Å². The number of hydrogen-bond donors (Lipinski definition) is 0. The van der Waals surface area contributed by atoms with Crippen LogP contribution < -0.4 is 9.30 Å². The monoisotopic (exact) mass is 959 g/mol. The van der Waals surface area contributed by atoms with Crippen LogP contribution in [0.1, 0.15) is 100 Å². The predicted molar refractivity (Wildman–Crippen MR) is 304 cm³/mol. The predicted octanol–water partition coefficient (Wildman–Crippen LogP) is 17.7. The molecule has 0 saturated carbocycles. The molecule has 0 amide bonds. The Kier molecular flexibility index (Phi) is 10.1. The van der Waals surface area contributed by atoms with Crippen molar-refractivity contribution in [1.82, 2.24) is 14.1 Å². The van der Waals surface area contributed by atoms with E-state index < -0.39 is 24.0 Å². The molecular formula is C68H64N4O. The second kappa shape index (κ2) is 18.2. The van der Waals surface area contributed by atoms with Gasteiger partial charge in [-0.25, -0.2) is 4.98 Å². The number of pyridine rings is 1. The molecule has 73 heavy (non-hydrogen) atoms. The molecule has 0 spiro atoms. The Labute approximate surface area is 439 Å².